The first-order valence-corrected chi connectivity index (χ1v) is 6.36. The van der Waals surface area contributed by atoms with E-state index in [0.29, 0.717) is 12.6 Å². The van der Waals surface area contributed by atoms with E-state index in [4.69, 9.17) is 4.74 Å². The van der Waals surface area contributed by atoms with Gasteiger partial charge in [-0.05, 0) is 32.7 Å². The molecular formula is C12H24N2O2. The lowest BCUT2D eigenvalue weighted by Gasteiger charge is -2.25. The lowest BCUT2D eigenvalue weighted by molar-refractivity contribution is -0.136. The largest absolute Gasteiger partial charge is 0.372 e. The first-order valence-electron chi connectivity index (χ1n) is 6.36. The summed E-state index contributed by atoms with van der Waals surface area (Å²) in [5.41, 5.74) is 0. The summed E-state index contributed by atoms with van der Waals surface area (Å²) in [7, 11) is 0. The van der Waals surface area contributed by atoms with E-state index in [1.54, 1.807) is 0 Å². The zero-order chi connectivity index (χ0) is 11.8. The molecule has 1 rings (SSSR count). The highest BCUT2D eigenvalue weighted by Crippen LogP contribution is 2.07. The Morgan fingerprint density at radius 3 is 2.88 bits per heavy atom. The minimum atomic E-state index is 0.123. The Morgan fingerprint density at radius 1 is 1.50 bits per heavy atom. The molecule has 0 radical (unpaired) electrons. The third-order valence-corrected chi connectivity index (χ3v) is 2.88. The van der Waals surface area contributed by atoms with Gasteiger partial charge in [-0.3, -0.25) is 4.79 Å². The summed E-state index contributed by atoms with van der Waals surface area (Å²) < 4.78 is 5.18. The molecule has 0 aromatic heterocycles. The van der Waals surface area contributed by atoms with Gasteiger partial charge in [0.15, 0.2) is 0 Å². The number of carbonyl (C=O) groups is 1. The molecule has 0 bridgehead atoms. The maximum Gasteiger partial charge on any atom is 0.248 e. The Labute approximate surface area is 98.3 Å². The van der Waals surface area contributed by atoms with Gasteiger partial charge in [0.1, 0.15) is 6.61 Å². The van der Waals surface area contributed by atoms with Crippen LogP contribution in [0.2, 0.25) is 0 Å². The highest BCUT2D eigenvalue weighted by molar-refractivity contribution is 5.77. The lowest BCUT2D eigenvalue weighted by atomic mass is 10.2. The van der Waals surface area contributed by atoms with Crippen molar-refractivity contribution < 1.29 is 9.53 Å². The Morgan fingerprint density at radius 2 is 2.31 bits per heavy atom. The first kappa shape index (κ1) is 13.5. The van der Waals surface area contributed by atoms with Crippen molar-refractivity contribution in [2.24, 2.45) is 0 Å². The van der Waals surface area contributed by atoms with E-state index in [1.165, 1.54) is 12.8 Å². The second-order valence-corrected chi connectivity index (χ2v) is 4.27. The highest BCUT2D eigenvalue weighted by atomic mass is 16.5. The van der Waals surface area contributed by atoms with Gasteiger partial charge in [-0.2, -0.15) is 0 Å². The SMILES string of the molecule is CCCN(CC1CCCN1)C(=O)COCC. The van der Waals surface area contributed by atoms with Gasteiger partial charge in [-0.15, -0.1) is 0 Å². The van der Waals surface area contributed by atoms with Gasteiger partial charge in [0.25, 0.3) is 0 Å². The fraction of sp³-hybridized carbons (Fsp3) is 0.917. The van der Waals surface area contributed by atoms with Crippen LogP contribution in [-0.4, -0.2) is 49.7 Å². The molecule has 0 saturated carbocycles. The minimum absolute atomic E-state index is 0.123. The van der Waals surface area contributed by atoms with Crippen molar-refractivity contribution in [3.8, 4) is 0 Å². The molecule has 94 valence electrons. The number of amides is 1. The van der Waals surface area contributed by atoms with Crippen LogP contribution in [0.5, 0.6) is 0 Å². The quantitative estimate of drug-likeness (QED) is 0.707. The molecule has 1 heterocycles. The van der Waals surface area contributed by atoms with E-state index in [-0.39, 0.29) is 12.5 Å². The van der Waals surface area contributed by atoms with Gasteiger partial charge >= 0.3 is 0 Å². The summed E-state index contributed by atoms with van der Waals surface area (Å²) in [5, 5.41) is 3.42. The monoisotopic (exact) mass is 228 g/mol. The van der Waals surface area contributed by atoms with Gasteiger partial charge < -0.3 is 15.0 Å². The third kappa shape index (κ3) is 4.49. The fourth-order valence-corrected chi connectivity index (χ4v) is 2.05. The second-order valence-electron chi connectivity index (χ2n) is 4.27. The first-order chi connectivity index (χ1) is 7.77. The van der Waals surface area contributed by atoms with Gasteiger partial charge in [0, 0.05) is 25.7 Å². The number of hydrogen-bond acceptors (Lipinski definition) is 3. The maximum atomic E-state index is 11.9. The van der Waals surface area contributed by atoms with E-state index in [2.05, 4.69) is 12.2 Å². The number of ether oxygens (including phenoxy) is 1. The topological polar surface area (TPSA) is 41.6 Å². The molecule has 1 N–H and O–H groups in total. The molecule has 1 saturated heterocycles. The zero-order valence-corrected chi connectivity index (χ0v) is 10.5. The predicted molar refractivity (Wildman–Crippen MR) is 64.4 cm³/mol. The van der Waals surface area contributed by atoms with Crippen molar-refractivity contribution in [2.75, 3.05) is 32.8 Å². The molecule has 1 atom stereocenters. The van der Waals surface area contributed by atoms with Crippen LogP contribution in [-0.2, 0) is 9.53 Å². The molecule has 0 aromatic rings. The Kier molecular flexibility index (Phi) is 6.42. The van der Waals surface area contributed by atoms with Crippen LogP contribution in [0, 0.1) is 0 Å². The summed E-state index contributed by atoms with van der Waals surface area (Å²) in [6.45, 7) is 7.60. The van der Waals surface area contributed by atoms with Crippen molar-refractivity contribution in [3.63, 3.8) is 0 Å². The average Bonchev–Trinajstić information content (AvgIpc) is 2.78. The van der Waals surface area contributed by atoms with Crippen molar-refractivity contribution in [1.29, 1.82) is 0 Å². The van der Waals surface area contributed by atoms with E-state index in [1.807, 2.05) is 11.8 Å². The third-order valence-electron chi connectivity index (χ3n) is 2.88. The second kappa shape index (κ2) is 7.63. The van der Waals surface area contributed by atoms with Gasteiger partial charge in [-0.1, -0.05) is 6.92 Å². The molecule has 4 heteroatoms. The molecule has 0 spiro atoms. The summed E-state index contributed by atoms with van der Waals surface area (Å²) >= 11 is 0. The number of rotatable bonds is 7. The van der Waals surface area contributed by atoms with Crippen molar-refractivity contribution in [2.45, 2.75) is 39.2 Å². The van der Waals surface area contributed by atoms with Crippen LogP contribution in [0.1, 0.15) is 33.1 Å². The summed E-state index contributed by atoms with van der Waals surface area (Å²) in [6, 6.07) is 0.483. The Bertz CT molecular complexity index is 203. The molecular weight excluding hydrogens is 204 g/mol. The standard InChI is InChI=1S/C12H24N2O2/c1-3-8-14(12(15)10-16-4-2)9-11-6-5-7-13-11/h11,13H,3-10H2,1-2H3. The molecule has 1 aliphatic rings. The van der Waals surface area contributed by atoms with Crippen molar-refractivity contribution >= 4 is 5.91 Å². The highest BCUT2D eigenvalue weighted by Gasteiger charge is 2.20. The van der Waals surface area contributed by atoms with Crippen LogP contribution in [0.15, 0.2) is 0 Å². The summed E-state index contributed by atoms with van der Waals surface area (Å²) in [5.74, 6) is 0.123. The predicted octanol–water partition coefficient (Wildman–Crippen LogP) is 1.01. The lowest BCUT2D eigenvalue weighted by Crippen LogP contribution is -2.43. The number of carbonyl (C=O) groups excluding carboxylic acids is 1. The van der Waals surface area contributed by atoms with E-state index >= 15 is 0 Å². The zero-order valence-electron chi connectivity index (χ0n) is 10.5. The smallest absolute Gasteiger partial charge is 0.248 e. The molecule has 0 aliphatic carbocycles. The molecule has 1 fully saturated rings. The van der Waals surface area contributed by atoms with Crippen molar-refractivity contribution in [3.05, 3.63) is 0 Å². The van der Waals surface area contributed by atoms with Gasteiger partial charge in [-0.25, -0.2) is 0 Å². The minimum Gasteiger partial charge on any atom is -0.372 e. The molecule has 1 aliphatic heterocycles. The summed E-state index contributed by atoms with van der Waals surface area (Å²) in [6.07, 6.45) is 3.41. The molecule has 16 heavy (non-hydrogen) atoms. The van der Waals surface area contributed by atoms with Crippen molar-refractivity contribution in [1.82, 2.24) is 10.2 Å². The number of nitrogens with zero attached hydrogens (tertiary/aromatic N) is 1. The maximum absolute atomic E-state index is 11.9. The summed E-state index contributed by atoms with van der Waals surface area (Å²) in [4.78, 5) is 13.8. The van der Waals surface area contributed by atoms with E-state index in [0.717, 1.165) is 26.1 Å². The molecule has 1 amide bonds. The number of hydrogen-bond donors (Lipinski definition) is 1. The van der Waals surface area contributed by atoms with Crippen LogP contribution in [0.25, 0.3) is 0 Å². The Balaban J connectivity index is 2.35. The van der Waals surface area contributed by atoms with E-state index in [9.17, 15) is 4.79 Å². The molecule has 1 unspecified atom stereocenters. The normalized spacial score (nSPS) is 20.0. The van der Waals surface area contributed by atoms with Crippen LogP contribution >= 0.6 is 0 Å². The van der Waals surface area contributed by atoms with Gasteiger partial charge in [0.05, 0.1) is 0 Å². The van der Waals surface area contributed by atoms with Crippen LogP contribution in [0.3, 0.4) is 0 Å². The average molecular weight is 228 g/mol. The van der Waals surface area contributed by atoms with Gasteiger partial charge in [0.2, 0.25) is 5.91 Å². The molecule has 0 aromatic carbocycles. The van der Waals surface area contributed by atoms with E-state index < -0.39 is 0 Å². The fourth-order valence-electron chi connectivity index (χ4n) is 2.05. The van der Waals surface area contributed by atoms with Crippen LogP contribution < -0.4 is 5.32 Å². The molecule has 4 nitrogen and oxygen atoms in total. The Hall–Kier alpha value is -0.610. The van der Waals surface area contributed by atoms with Crippen LogP contribution in [0.4, 0.5) is 0 Å². The number of nitrogens with one attached hydrogen (secondary N) is 1.